The summed E-state index contributed by atoms with van der Waals surface area (Å²) in [6, 6.07) is -0.354. The summed E-state index contributed by atoms with van der Waals surface area (Å²) in [7, 11) is -2.98. The summed E-state index contributed by atoms with van der Waals surface area (Å²) in [6.07, 6.45) is 1.35. The summed E-state index contributed by atoms with van der Waals surface area (Å²) >= 11 is 0. The Hall–Kier alpha value is -0.660. The van der Waals surface area contributed by atoms with Gasteiger partial charge in [0.05, 0.1) is 24.2 Å². The third-order valence-corrected chi connectivity index (χ3v) is 5.48. The highest BCUT2D eigenvalue weighted by molar-refractivity contribution is 7.92. The first kappa shape index (κ1) is 12.8. The minimum absolute atomic E-state index is 0.174. The predicted octanol–water partition coefficient (Wildman–Crippen LogP) is -1.33. The Kier molecular flexibility index (Phi) is 4.01. The van der Waals surface area contributed by atoms with Gasteiger partial charge in [-0.25, -0.2) is 8.42 Å². The van der Waals surface area contributed by atoms with Crippen LogP contribution in [0.5, 0.6) is 0 Å². The van der Waals surface area contributed by atoms with E-state index in [1.54, 1.807) is 0 Å². The van der Waals surface area contributed by atoms with Gasteiger partial charge in [0.15, 0.2) is 9.84 Å². The molecule has 0 aromatic carbocycles. The molecule has 7 heteroatoms. The van der Waals surface area contributed by atoms with Gasteiger partial charge in [-0.05, 0) is 12.8 Å². The van der Waals surface area contributed by atoms with E-state index < -0.39 is 15.1 Å². The van der Waals surface area contributed by atoms with Gasteiger partial charge >= 0.3 is 0 Å². The Morgan fingerprint density at radius 2 is 2.29 bits per heavy atom. The van der Waals surface area contributed by atoms with Crippen molar-refractivity contribution in [1.29, 1.82) is 0 Å². The first-order valence-electron chi connectivity index (χ1n) is 5.90. The number of sulfone groups is 1. The fourth-order valence-corrected chi connectivity index (χ4v) is 3.92. The lowest BCUT2D eigenvalue weighted by Crippen LogP contribution is -2.52. The molecule has 6 nitrogen and oxygen atoms in total. The zero-order valence-electron chi connectivity index (χ0n) is 9.65. The van der Waals surface area contributed by atoms with Crippen molar-refractivity contribution >= 4 is 15.7 Å². The quantitative estimate of drug-likeness (QED) is 0.658. The Morgan fingerprint density at radius 3 is 2.88 bits per heavy atom. The third-order valence-electron chi connectivity index (χ3n) is 3.20. The molecule has 0 aromatic rings. The highest BCUT2D eigenvalue weighted by atomic mass is 32.2. The van der Waals surface area contributed by atoms with Crippen LogP contribution >= 0.6 is 0 Å². The topological polar surface area (TPSA) is 84.5 Å². The smallest absolute Gasteiger partial charge is 0.239 e. The normalized spacial score (nSPS) is 32.2. The maximum absolute atomic E-state index is 11.7. The molecular formula is C10H18N2O4S. The highest BCUT2D eigenvalue weighted by Gasteiger charge is 2.32. The lowest BCUT2D eigenvalue weighted by molar-refractivity contribution is -0.125. The summed E-state index contributed by atoms with van der Waals surface area (Å²) in [5.41, 5.74) is 0. The third kappa shape index (κ3) is 3.17. The van der Waals surface area contributed by atoms with Gasteiger partial charge in [0, 0.05) is 13.1 Å². The number of nitrogens with one attached hydrogen (secondary N) is 2. The molecule has 2 N–H and O–H groups in total. The van der Waals surface area contributed by atoms with E-state index in [0.717, 1.165) is 0 Å². The Labute approximate surface area is 101 Å². The fraction of sp³-hybridized carbons (Fsp3) is 0.900. The van der Waals surface area contributed by atoms with Gasteiger partial charge in [-0.3, -0.25) is 4.79 Å². The van der Waals surface area contributed by atoms with E-state index in [1.165, 1.54) is 0 Å². The Balaban J connectivity index is 1.79. The van der Waals surface area contributed by atoms with Crippen molar-refractivity contribution in [2.45, 2.75) is 24.1 Å². The molecule has 2 atom stereocenters. The van der Waals surface area contributed by atoms with Crippen LogP contribution in [0.1, 0.15) is 12.8 Å². The summed E-state index contributed by atoms with van der Waals surface area (Å²) in [5.74, 6) is 0.0741. The summed E-state index contributed by atoms with van der Waals surface area (Å²) in [6.45, 7) is 1.84. The standard InChI is InChI=1S/C10H18N2O4S/c13-10(9-7-16-4-3-11-9)12-6-8-2-1-5-17(8,14)15/h8-9,11H,1-7H2,(H,12,13). The number of carbonyl (C=O) groups is 1. The average molecular weight is 262 g/mol. The van der Waals surface area contributed by atoms with Crippen LogP contribution in [0, 0.1) is 0 Å². The van der Waals surface area contributed by atoms with Gasteiger partial charge in [0.2, 0.25) is 5.91 Å². The van der Waals surface area contributed by atoms with Crippen LogP contribution in [-0.4, -0.2) is 57.7 Å². The van der Waals surface area contributed by atoms with E-state index in [1.807, 2.05) is 0 Å². The molecule has 1 amide bonds. The van der Waals surface area contributed by atoms with Crippen LogP contribution in [-0.2, 0) is 19.4 Å². The molecule has 2 fully saturated rings. The number of hydrogen-bond acceptors (Lipinski definition) is 5. The maximum atomic E-state index is 11.7. The first-order valence-corrected chi connectivity index (χ1v) is 7.61. The van der Waals surface area contributed by atoms with Crippen molar-refractivity contribution in [3.63, 3.8) is 0 Å². The molecule has 2 aliphatic rings. The van der Waals surface area contributed by atoms with Crippen LogP contribution in [0.15, 0.2) is 0 Å². The second-order valence-corrected chi connectivity index (χ2v) is 6.86. The molecule has 0 aliphatic carbocycles. The number of hydrogen-bond donors (Lipinski definition) is 2. The summed E-state index contributed by atoms with van der Waals surface area (Å²) < 4.78 is 28.3. The van der Waals surface area contributed by atoms with Gasteiger partial charge in [-0.15, -0.1) is 0 Å². The second kappa shape index (κ2) is 5.32. The Morgan fingerprint density at radius 1 is 1.47 bits per heavy atom. The van der Waals surface area contributed by atoms with Gasteiger partial charge in [0.1, 0.15) is 6.04 Å². The molecular weight excluding hydrogens is 244 g/mol. The van der Waals surface area contributed by atoms with E-state index in [9.17, 15) is 13.2 Å². The number of amides is 1. The number of carbonyl (C=O) groups excluding carboxylic acids is 1. The molecule has 2 aliphatic heterocycles. The second-order valence-electron chi connectivity index (χ2n) is 4.46. The van der Waals surface area contributed by atoms with Crippen LogP contribution in [0.25, 0.3) is 0 Å². The van der Waals surface area contributed by atoms with Crippen molar-refractivity contribution in [1.82, 2.24) is 10.6 Å². The van der Waals surface area contributed by atoms with Crippen molar-refractivity contribution in [3.05, 3.63) is 0 Å². The van der Waals surface area contributed by atoms with Crippen molar-refractivity contribution < 1.29 is 17.9 Å². The minimum Gasteiger partial charge on any atom is -0.378 e. The molecule has 0 radical (unpaired) electrons. The number of rotatable bonds is 3. The van der Waals surface area contributed by atoms with E-state index in [4.69, 9.17) is 4.74 Å². The van der Waals surface area contributed by atoms with Crippen molar-refractivity contribution in [2.75, 3.05) is 32.1 Å². The van der Waals surface area contributed by atoms with E-state index >= 15 is 0 Å². The zero-order chi connectivity index (χ0) is 12.3. The SMILES string of the molecule is O=C(NCC1CCCS1(=O)=O)C1COCCN1. The van der Waals surface area contributed by atoms with Gasteiger partial charge in [-0.2, -0.15) is 0 Å². The molecule has 2 rings (SSSR count). The highest BCUT2D eigenvalue weighted by Crippen LogP contribution is 2.18. The van der Waals surface area contributed by atoms with Crippen LogP contribution in [0.2, 0.25) is 0 Å². The van der Waals surface area contributed by atoms with Crippen molar-refractivity contribution in [3.8, 4) is 0 Å². The fourth-order valence-electron chi connectivity index (χ4n) is 2.16. The minimum atomic E-state index is -2.98. The molecule has 2 saturated heterocycles. The predicted molar refractivity (Wildman–Crippen MR) is 62.4 cm³/mol. The van der Waals surface area contributed by atoms with E-state index in [-0.39, 0.29) is 24.2 Å². The Bertz CT molecular complexity index is 376. The molecule has 0 saturated carbocycles. The summed E-state index contributed by atoms with van der Waals surface area (Å²) in [4.78, 5) is 11.7. The molecule has 0 spiro atoms. The van der Waals surface area contributed by atoms with E-state index in [2.05, 4.69) is 10.6 Å². The average Bonchev–Trinajstić information content (AvgIpc) is 2.66. The summed E-state index contributed by atoms with van der Waals surface area (Å²) in [5, 5.41) is 5.31. The zero-order valence-corrected chi connectivity index (χ0v) is 10.5. The van der Waals surface area contributed by atoms with Crippen LogP contribution in [0.4, 0.5) is 0 Å². The van der Waals surface area contributed by atoms with E-state index in [0.29, 0.717) is 32.6 Å². The van der Waals surface area contributed by atoms with Gasteiger partial charge < -0.3 is 15.4 Å². The maximum Gasteiger partial charge on any atom is 0.239 e. The lowest BCUT2D eigenvalue weighted by Gasteiger charge is -2.23. The van der Waals surface area contributed by atoms with Crippen LogP contribution in [0.3, 0.4) is 0 Å². The largest absolute Gasteiger partial charge is 0.378 e. The number of ether oxygens (including phenoxy) is 1. The molecule has 2 unspecified atom stereocenters. The van der Waals surface area contributed by atoms with Crippen molar-refractivity contribution in [2.24, 2.45) is 0 Å². The monoisotopic (exact) mass is 262 g/mol. The number of morpholine rings is 1. The first-order chi connectivity index (χ1) is 8.09. The molecule has 2 heterocycles. The van der Waals surface area contributed by atoms with Crippen LogP contribution < -0.4 is 10.6 Å². The van der Waals surface area contributed by atoms with Gasteiger partial charge in [-0.1, -0.05) is 0 Å². The molecule has 0 aromatic heterocycles. The molecule has 98 valence electrons. The van der Waals surface area contributed by atoms with Gasteiger partial charge in [0.25, 0.3) is 0 Å². The lowest BCUT2D eigenvalue weighted by atomic mass is 10.2. The molecule has 0 bridgehead atoms. The molecule has 17 heavy (non-hydrogen) atoms.